The lowest BCUT2D eigenvalue weighted by Gasteiger charge is -2.32. The minimum Gasteiger partial charge on any atom is -0.449 e. The molecule has 2 heterocycles. The van der Waals surface area contributed by atoms with Gasteiger partial charge in [0.1, 0.15) is 11.9 Å². The van der Waals surface area contributed by atoms with Gasteiger partial charge in [-0.25, -0.2) is 4.98 Å². The Morgan fingerprint density at radius 1 is 1.19 bits per heavy atom. The fraction of sp³-hybridized carbons (Fsp3) is 0.727. The van der Waals surface area contributed by atoms with E-state index in [-0.39, 0.29) is 11.2 Å². The second-order valence-corrected chi connectivity index (χ2v) is 5.11. The first-order valence-corrected chi connectivity index (χ1v) is 5.65. The van der Waals surface area contributed by atoms with Crippen LogP contribution in [0.3, 0.4) is 0 Å². The Kier molecular flexibility index (Phi) is 2.63. The van der Waals surface area contributed by atoms with Gasteiger partial charge < -0.3 is 13.7 Å². The van der Waals surface area contributed by atoms with Gasteiger partial charge in [0.05, 0.1) is 11.2 Å². The molecular formula is C11H18BNO3. The molecule has 0 aliphatic carbocycles. The highest BCUT2D eigenvalue weighted by Gasteiger charge is 2.52. The van der Waals surface area contributed by atoms with Crippen molar-refractivity contribution in [2.24, 2.45) is 0 Å². The molecule has 0 spiro atoms. The van der Waals surface area contributed by atoms with Crippen LogP contribution in [0.25, 0.3) is 0 Å². The lowest BCUT2D eigenvalue weighted by molar-refractivity contribution is 0.00578. The average molecular weight is 223 g/mol. The van der Waals surface area contributed by atoms with Crippen LogP contribution < -0.4 is 5.59 Å². The van der Waals surface area contributed by atoms with Crippen LogP contribution in [0.1, 0.15) is 40.5 Å². The molecule has 0 bridgehead atoms. The third kappa shape index (κ3) is 1.78. The van der Waals surface area contributed by atoms with E-state index in [0.717, 1.165) is 12.0 Å². The molecule has 0 aromatic carbocycles. The van der Waals surface area contributed by atoms with Crippen molar-refractivity contribution >= 4 is 12.7 Å². The van der Waals surface area contributed by atoms with Gasteiger partial charge in [-0.1, -0.05) is 6.92 Å². The van der Waals surface area contributed by atoms with E-state index in [1.807, 2.05) is 34.6 Å². The molecule has 1 aliphatic rings. The van der Waals surface area contributed by atoms with Gasteiger partial charge in [0.15, 0.2) is 5.89 Å². The Morgan fingerprint density at radius 3 is 2.19 bits per heavy atom. The number of nitrogens with zero attached hydrogens (tertiary/aromatic N) is 1. The third-order valence-electron chi connectivity index (χ3n) is 3.37. The molecule has 1 aromatic heterocycles. The summed E-state index contributed by atoms with van der Waals surface area (Å²) < 4.78 is 17.0. The summed E-state index contributed by atoms with van der Waals surface area (Å²) in [6.45, 7) is 10.1. The maximum absolute atomic E-state index is 5.86. The van der Waals surface area contributed by atoms with Crippen molar-refractivity contribution in [3.8, 4) is 0 Å². The van der Waals surface area contributed by atoms with Gasteiger partial charge >= 0.3 is 7.12 Å². The number of oxazole rings is 1. The summed E-state index contributed by atoms with van der Waals surface area (Å²) in [6, 6.07) is 0. The minimum absolute atomic E-state index is 0.330. The van der Waals surface area contributed by atoms with E-state index in [2.05, 4.69) is 4.98 Å². The number of aryl methyl sites for hydroxylation is 1. The number of rotatable bonds is 2. The summed E-state index contributed by atoms with van der Waals surface area (Å²) >= 11 is 0. The van der Waals surface area contributed by atoms with Gasteiger partial charge in [-0.3, -0.25) is 0 Å². The molecule has 0 saturated carbocycles. The Bertz CT molecular complexity index is 370. The summed E-state index contributed by atoms with van der Waals surface area (Å²) in [5.41, 5.74) is 0.0573. The normalized spacial score (nSPS) is 22.7. The molecule has 1 fully saturated rings. The van der Waals surface area contributed by atoms with Crippen LogP contribution in [-0.4, -0.2) is 23.3 Å². The molecule has 88 valence electrons. The number of aromatic nitrogens is 1. The monoisotopic (exact) mass is 223 g/mol. The lowest BCUT2D eigenvalue weighted by atomic mass is 9.86. The average Bonchev–Trinajstić information content (AvgIpc) is 2.70. The minimum atomic E-state index is -0.422. The van der Waals surface area contributed by atoms with E-state index in [1.54, 1.807) is 6.26 Å². The number of hydrogen-bond acceptors (Lipinski definition) is 4. The van der Waals surface area contributed by atoms with Crippen LogP contribution in [0.5, 0.6) is 0 Å². The number of hydrogen-bond donors (Lipinski definition) is 0. The van der Waals surface area contributed by atoms with Gasteiger partial charge in [-0.15, -0.1) is 0 Å². The molecule has 16 heavy (non-hydrogen) atoms. The Labute approximate surface area is 96.5 Å². The predicted octanol–water partition coefficient (Wildman–Crippen LogP) is 1.54. The highest BCUT2D eigenvalue weighted by molar-refractivity contribution is 6.61. The SMILES string of the molecule is CCc1nc(B2OC(C)(C)C(C)(C)O2)co1. The van der Waals surface area contributed by atoms with Gasteiger partial charge in [0.2, 0.25) is 0 Å². The van der Waals surface area contributed by atoms with E-state index in [4.69, 9.17) is 13.7 Å². The first-order chi connectivity index (χ1) is 7.36. The van der Waals surface area contributed by atoms with Crippen molar-refractivity contribution in [3.05, 3.63) is 12.2 Å². The molecule has 5 heteroatoms. The van der Waals surface area contributed by atoms with E-state index < -0.39 is 7.12 Å². The zero-order valence-corrected chi connectivity index (χ0v) is 10.5. The zero-order chi connectivity index (χ0) is 12.0. The molecule has 2 rings (SSSR count). The maximum Gasteiger partial charge on any atom is 0.517 e. The first-order valence-electron chi connectivity index (χ1n) is 5.65. The first kappa shape index (κ1) is 11.7. The molecular weight excluding hydrogens is 205 g/mol. The molecule has 4 nitrogen and oxygen atoms in total. The fourth-order valence-corrected chi connectivity index (χ4v) is 1.56. The van der Waals surface area contributed by atoms with Crippen molar-refractivity contribution < 1.29 is 13.7 Å². The van der Waals surface area contributed by atoms with Crippen LogP contribution >= 0.6 is 0 Å². The summed E-state index contributed by atoms with van der Waals surface area (Å²) in [4.78, 5) is 4.33. The zero-order valence-electron chi connectivity index (χ0n) is 10.5. The molecule has 0 radical (unpaired) electrons. The summed E-state index contributed by atoms with van der Waals surface area (Å²) in [5, 5.41) is 0. The highest BCUT2D eigenvalue weighted by atomic mass is 16.7. The molecule has 0 unspecified atom stereocenters. The quantitative estimate of drug-likeness (QED) is 0.713. The smallest absolute Gasteiger partial charge is 0.449 e. The van der Waals surface area contributed by atoms with Crippen molar-refractivity contribution in [2.45, 2.75) is 52.2 Å². The molecule has 1 aliphatic heterocycles. The van der Waals surface area contributed by atoms with E-state index in [0.29, 0.717) is 5.89 Å². The van der Waals surface area contributed by atoms with Crippen molar-refractivity contribution in [1.82, 2.24) is 4.98 Å². The molecule has 1 aromatic rings. The Morgan fingerprint density at radius 2 is 1.75 bits per heavy atom. The topological polar surface area (TPSA) is 44.5 Å². The van der Waals surface area contributed by atoms with Gasteiger partial charge in [-0.2, -0.15) is 0 Å². The van der Waals surface area contributed by atoms with Crippen LogP contribution in [0.2, 0.25) is 0 Å². The Balaban J connectivity index is 2.20. The van der Waals surface area contributed by atoms with Gasteiger partial charge in [0.25, 0.3) is 0 Å². The van der Waals surface area contributed by atoms with Crippen LogP contribution in [0.4, 0.5) is 0 Å². The van der Waals surface area contributed by atoms with Crippen LogP contribution in [0, 0.1) is 0 Å². The summed E-state index contributed by atoms with van der Waals surface area (Å²) in [5.74, 6) is 0.713. The largest absolute Gasteiger partial charge is 0.517 e. The molecule has 1 saturated heterocycles. The second kappa shape index (κ2) is 3.60. The van der Waals surface area contributed by atoms with E-state index in [1.165, 1.54) is 0 Å². The summed E-state index contributed by atoms with van der Waals surface area (Å²) in [7, 11) is -0.422. The standard InChI is InChI=1S/C11H18BNO3/c1-6-9-13-8(7-14-9)12-15-10(2,3)11(4,5)16-12/h7H,6H2,1-5H3. The fourth-order valence-electron chi connectivity index (χ4n) is 1.56. The lowest BCUT2D eigenvalue weighted by Crippen LogP contribution is -2.41. The highest BCUT2D eigenvalue weighted by Crippen LogP contribution is 2.36. The van der Waals surface area contributed by atoms with Gasteiger partial charge in [-0.05, 0) is 27.7 Å². The van der Waals surface area contributed by atoms with Crippen molar-refractivity contribution in [1.29, 1.82) is 0 Å². The van der Waals surface area contributed by atoms with Crippen molar-refractivity contribution in [2.75, 3.05) is 0 Å². The van der Waals surface area contributed by atoms with Crippen LogP contribution in [-0.2, 0) is 15.7 Å². The summed E-state index contributed by atoms with van der Waals surface area (Å²) in [6.07, 6.45) is 2.39. The van der Waals surface area contributed by atoms with E-state index >= 15 is 0 Å². The maximum atomic E-state index is 5.86. The molecule has 0 N–H and O–H groups in total. The van der Waals surface area contributed by atoms with Crippen LogP contribution in [0.15, 0.2) is 10.7 Å². The Hall–Kier alpha value is -0.805. The molecule has 0 amide bonds. The molecule has 0 atom stereocenters. The predicted molar refractivity (Wildman–Crippen MR) is 61.6 cm³/mol. The van der Waals surface area contributed by atoms with Crippen molar-refractivity contribution in [3.63, 3.8) is 0 Å². The second-order valence-electron chi connectivity index (χ2n) is 5.11. The third-order valence-corrected chi connectivity index (χ3v) is 3.37. The van der Waals surface area contributed by atoms with Gasteiger partial charge in [0, 0.05) is 6.42 Å². The van der Waals surface area contributed by atoms with E-state index in [9.17, 15) is 0 Å².